The number of carbonyl (C=O) groups excluding carboxylic acids is 1. The molecule has 3 aliphatic rings. The van der Waals surface area contributed by atoms with Gasteiger partial charge in [-0.2, -0.15) is 0 Å². The lowest BCUT2D eigenvalue weighted by Gasteiger charge is -2.16. The number of benzene rings is 2. The third kappa shape index (κ3) is 3.19. The van der Waals surface area contributed by atoms with Crippen molar-refractivity contribution < 1.29 is 4.79 Å². The average Bonchev–Trinajstić information content (AvgIpc) is 3.52. The number of nitrogens with zero attached hydrogens (tertiary/aromatic N) is 1. The van der Waals surface area contributed by atoms with E-state index in [-0.39, 0.29) is 18.3 Å². The first kappa shape index (κ1) is 16.6. The molecule has 0 spiro atoms. The Morgan fingerprint density at radius 3 is 2.52 bits per heavy atom. The van der Waals surface area contributed by atoms with E-state index in [4.69, 9.17) is 0 Å². The number of halogens is 1. The molecule has 4 heteroatoms. The molecule has 25 heavy (non-hydrogen) atoms. The lowest BCUT2D eigenvalue weighted by Crippen LogP contribution is -2.23. The highest BCUT2D eigenvalue weighted by atomic mass is 35.5. The van der Waals surface area contributed by atoms with Gasteiger partial charge in [0, 0.05) is 23.2 Å². The van der Waals surface area contributed by atoms with E-state index in [1.54, 1.807) is 0 Å². The van der Waals surface area contributed by atoms with Gasteiger partial charge in [-0.15, -0.1) is 12.4 Å². The monoisotopic (exact) mass is 354 g/mol. The van der Waals surface area contributed by atoms with E-state index in [2.05, 4.69) is 29.6 Å². The quantitative estimate of drug-likeness (QED) is 0.875. The summed E-state index contributed by atoms with van der Waals surface area (Å²) in [5.41, 5.74) is 4.37. The molecule has 0 bridgehead atoms. The van der Waals surface area contributed by atoms with Crippen LogP contribution in [0.4, 0.5) is 5.69 Å². The van der Waals surface area contributed by atoms with Crippen LogP contribution in [0.5, 0.6) is 0 Å². The molecular formula is C21H23ClN2O. The Balaban J connectivity index is 0.00000157. The van der Waals surface area contributed by atoms with Crippen molar-refractivity contribution in [2.24, 2.45) is 5.92 Å². The molecule has 0 saturated heterocycles. The molecule has 0 aromatic heterocycles. The van der Waals surface area contributed by atoms with Crippen LogP contribution >= 0.6 is 12.4 Å². The summed E-state index contributed by atoms with van der Waals surface area (Å²) in [5.74, 6) is 1.72. The molecule has 2 aliphatic carbocycles. The summed E-state index contributed by atoms with van der Waals surface area (Å²) in [4.78, 5) is 14.4. The molecule has 1 N–H and O–H groups in total. The van der Waals surface area contributed by atoms with Crippen molar-refractivity contribution in [3.8, 4) is 0 Å². The van der Waals surface area contributed by atoms with Gasteiger partial charge >= 0.3 is 0 Å². The van der Waals surface area contributed by atoms with Gasteiger partial charge in [0.15, 0.2) is 0 Å². The third-order valence-corrected chi connectivity index (χ3v) is 5.61. The Labute approximate surface area is 154 Å². The Hall–Kier alpha value is -1.84. The second-order valence-electron chi connectivity index (χ2n) is 7.44. The van der Waals surface area contributed by atoms with Crippen LogP contribution in [0.25, 0.3) is 0 Å². The zero-order valence-corrected chi connectivity index (χ0v) is 15.0. The first-order valence-corrected chi connectivity index (χ1v) is 9.03. The van der Waals surface area contributed by atoms with E-state index >= 15 is 0 Å². The Morgan fingerprint density at radius 1 is 1.04 bits per heavy atom. The summed E-state index contributed by atoms with van der Waals surface area (Å²) in [5, 5.41) is 3.69. The van der Waals surface area contributed by atoms with Gasteiger partial charge < -0.3 is 10.2 Å². The summed E-state index contributed by atoms with van der Waals surface area (Å²) in [7, 11) is 0. The van der Waals surface area contributed by atoms with E-state index in [1.807, 2.05) is 29.2 Å². The van der Waals surface area contributed by atoms with Crippen LogP contribution < -0.4 is 10.2 Å². The van der Waals surface area contributed by atoms with Crippen LogP contribution in [0, 0.1) is 5.92 Å². The Kier molecular flexibility index (Phi) is 4.30. The number of fused-ring (bicyclic) bond motifs is 1. The van der Waals surface area contributed by atoms with Crippen molar-refractivity contribution in [1.29, 1.82) is 0 Å². The van der Waals surface area contributed by atoms with Gasteiger partial charge in [0.25, 0.3) is 5.91 Å². The maximum absolute atomic E-state index is 12.6. The van der Waals surface area contributed by atoms with E-state index < -0.39 is 0 Å². The Morgan fingerprint density at radius 2 is 1.80 bits per heavy atom. The largest absolute Gasteiger partial charge is 0.313 e. The SMILES string of the molecule is Cl.O=C1c2ccccc2CN1c1ccc(C2CC2NCC2CC2)cc1. The number of rotatable bonds is 5. The highest BCUT2D eigenvalue weighted by molar-refractivity contribution is 6.09. The second kappa shape index (κ2) is 6.47. The molecule has 1 amide bonds. The fourth-order valence-electron chi connectivity index (χ4n) is 3.79. The van der Waals surface area contributed by atoms with Crippen molar-refractivity contribution >= 4 is 24.0 Å². The van der Waals surface area contributed by atoms with Crippen LogP contribution in [-0.2, 0) is 6.54 Å². The van der Waals surface area contributed by atoms with Gasteiger partial charge in [-0.25, -0.2) is 0 Å². The minimum Gasteiger partial charge on any atom is -0.313 e. The van der Waals surface area contributed by atoms with Crippen molar-refractivity contribution in [3.05, 3.63) is 65.2 Å². The van der Waals surface area contributed by atoms with Gasteiger partial charge in [0.2, 0.25) is 0 Å². The average molecular weight is 355 g/mol. The predicted octanol–water partition coefficient (Wildman–Crippen LogP) is 4.12. The molecule has 1 aliphatic heterocycles. The second-order valence-corrected chi connectivity index (χ2v) is 7.44. The van der Waals surface area contributed by atoms with Crippen molar-refractivity contribution in [2.45, 2.75) is 37.8 Å². The summed E-state index contributed by atoms with van der Waals surface area (Å²) in [6.07, 6.45) is 4.07. The number of nitrogens with one attached hydrogen (secondary N) is 1. The van der Waals surface area contributed by atoms with Gasteiger partial charge in [-0.05, 0) is 61.1 Å². The number of hydrogen-bond acceptors (Lipinski definition) is 2. The number of anilines is 1. The predicted molar refractivity (Wildman–Crippen MR) is 103 cm³/mol. The maximum Gasteiger partial charge on any atom is 0.258 e. The van der Waals surface area contributed by atoms with Crippen molar-refractivity contribution in [3.63, 3.8) is 0 Å². The first-order valence-electron chi connectivity index (χ1n) is 9.03. The van der Waals surface area contributed by atoms with E-state index in [9.17, 15) is 4.79 Å². The van der Waals surface area contributed by atoms with Crippen LogP contribution in [-0.4, -0.2) is 18.5 Å². The summed E-state index contributed by atoms with van der Waals surface area (Å²) < 4.78 is 0. The molecule has 0 radical (unpaired) electrons. The number of hydrogen-bond donors (Lipinski definition) is 1. The molecule has 2 unspecified atom stereocenters. The number of amides is 1. The lowest BCUT2D eigenvalue weighted by atomic mass is 10.1. The zero-order chi connectivity index (χ0) is 16.1. The van der Waals surface area contributed by atoms with Gasteiger partial charge in [-0.3, -0.25) is 4.79 Å². The van der Waals surface area contributed by atoms with Gasteiger partial charge in [0.1, 0.15) is 0 Å². The molecule has 5 rings (SSSR count). The molecule has 2 atom stereocenters. The minimum atomic E-state index is 0. The molecule has 1 heterocycles. The van der Waals surface area contributed by atoms with Crippen LogP contribution in [0.2, 0.25) is 0 Å². The summed E-state index contributed by atoms with van der Waals surface area (Å²) in [6, 6.07) is 17.2. The molecule has 2 fully saturated rings. The van der Waals surface area contributed by atoms with Crippen LogP contribution in [0.15, 0.2) is 48.5 Å². The third-order valence-electron chi connectivity index (χ3n) is 5.61. The van der Waals surface area contributed by atoms with E-state index in [0.717, 1.165) is 22.7 Å². The van der Waals surface area contributed by atoms with Gasteiger partial charge in [0.05, 0.1) is 6.54 Å². The molecule has 2 aromatic rings. The van der Waals surface area contributed by atoms with Crippen molar-refractivity contribution in [2.75, 3.05) is 11.4 Å². The van der Waals surface area contributed by atoms with Gasteiger partial charge in [-0.1, -0.05) is 30.3 Å². The molecule has 2 aromatic carbocycles. The zero-order valence-electron chi connectivity index (χ0n) is 14.2. The summed E-state index contributed by atoms with van der Waals surface area (Å²) in [6.45, 7) is 1.88. The number of carbonyl (C=O) groups is 1. The van der Waals surface area contributed by atoms with E-state index in [1.165, 1.54) is 31.4 Å². The molecular weight excluding hydrogens is 332 g/mol. The topological polar surface area (TPSA) is 32.3 Å². The molecule has 2 saturated carbocycles. The first-order chi connectivity index (χ1) is 11.8. The fraction of sp³-hybridized carbons (Fsp3) is 0.381. The minimum absolute atomic E-state index is 0. The smallest absolute Gasteiger partial charge is 0.258 e. The normalized spacial score (nSPS) is 24.0. The molecule has 130 valence electrons. The lowest BCUT2D eigenvalue weighted by molar-refractivity contribution is 0.0996. The molecule has 3 nitrogen and oxygen atoms in total. The van der Waals surface area contributed by atoms with Crippen LogP contribution in [0.1, 0.15) is 46.7 Å². The van der Waals surface area contributed by atoms with Crippen LogP contribution in [0.3, 0.4) is 0 Å². The van der Waals surface area contributed by atoms with Crippen molar-refractivity contribution in [1.82, 2.24) is 5.32 Å². The highest BCUT2D eigenvalue weighted by Crippen LogP contribution is 2.42. The maximum atomic E-state index is 12.6. The fourth-order valence-corrected chi connectivity index (χ4v) is 3.79. The van der Waals surface area contributed by atoms with E-state index in [0.29, 0.717) is 18.5 Å². The summed E-state index contributed by atoms with van der Waals surface area (Å²) >= 11 is 0. The highest BCUT2D eigenvalue weighted by Gasteiger charge is 2.39. The Bertz CT molecular complexity index is 785. The standard InChI is InChI=1S/C21H22N2O.ClH/c24-21-18-4-2-1-3-16(18)13-23(21)17-9-7-15(8-10-17)19-11-20(19)22-12-14-5-6-14;/h1-4,7-10,14,19-20,22H,5-6,11-13H2;1H.